The molecule has 0 fully saturated rings. The number of ether oxygens (including phenoxy) is 1. The largest absolute Gasteiger partial charge is 0.497 e. The van der Waals surface area contributed by atoms with Gasteiger partial charge in [-0.1, -0.05) is 19.1 Å². The second-order valence-electron chi connectivity index (χ2n) is 6.11. The summed E-state index contributed by atoms with van der Waals surface area (Å²) in [5, 5.41) is 10.9. The first kappa shape index (κ1) is 18.8. The normalized spacial score (nSPS) is 12.7. The van der Waals surface area contributed by atoms with Crippen LogP contribution in [0.15, 0.2) is 41.7 Å². The fourth-order valence-electron chi connectivity index (χ4n) is 2.57. The Morgan fingerprint density at radius 1 is 1.28 bits per heavy atom. The maximum atomic E-state index is 5.21. The molecule has 2 rings (SSSR count). The maximum absolute atomic E-state index is 5.21. The van der Waals surface area contributed by atoms with Gasteiger partial charge in [-0.25, -0.2) is 4.99 Å². The zero-order valence-corrected chi connectivity index (χ0v) is 15.6. The van der Waals surface area contributed by atoms with Gasteiger partial charge in [0.05, 0.1) is 19.9 Å². The molecule has 136 valence electrons. The molecule has 25 heavy (non-hydrogen) atoms. The van der Waals surface area contributed by atoms with E-state index in [0.29, 0.717) is 12.5 Å². The quantitative estimate of drug-likeness (QED) is 0.571. The van der Waals surface area contributed by atoms with Crippen LogP contribution < -0.4 is 15.4 Å². The number of aliphatic imine (C=N–C) groups is 1. The molecule has 1 heterocycles. The van der Waals surface area contributed by atoms with Crippen molar-refractivity contribution in [3.05, 3.63) is 47.8 Å². The van der Waals surface area contributed by atoms with Crippen molar-refractivity contribution in [2.24, 2.45) is 12.0 Å². The lowest BCUT2D eigenvalue weighted by Gasteiger charge is -2.15. The molecular weight excluding hydrogens is 314 g/mol. The third-order valence-corrected chi connectivity index (χ3v) is 4.08. The predicted molar refractivity (Wildman–Crippen MR) is 102 cm³/mol. The molecule has 0 saturated carbocycles. The van der Waals surface area contributed by atoms with Gasteiger partial charge in [-0.2, -0.15) is 5.10 Å². The average molecular weight is 343 g/mol. The number of nitrogens with zero attached hydrogens (tertiary/aromatic N) is 3. The molecule has 2 aromatic rings. The number of aryl methyl sites for hydroxylation is 1. The van der Waals surface area contributed by atoms with E-state index < -0.39 is 0 Å². The second kappa shape index (κ2) is 9.71. The molecule has 0 radical (unpaired) electrons. The van der Waals surface area contributed by atoms with Gasteiger partial charge in [0.25, 0.3) is 0 Å². The van der Waals surface area contributed by atoms with Gasteiger partial charge in [0.1, 0.15) is 5.75 Å². The third-order valence-electron chi connectivity index (χ3n) is 4.08. The lowest BCUT2D eigenvalue weighted by molar-refractivity contribution is 0.414. The van der Waals surface area contributed by atoms with Gasteiger partial charge in [-0.3, -0.25) is 4.68 Å². The van der Waals surface area contributed by atoms with Gasteiger partial charge in [0, 0.05) is 31.9 Å². The van der Waals surface area contributed by atoms with Crippen LogP contribution in [-0.2, 0) is 13.6 Å². The van der Waals surface area contributed by atoms with Gasteiger partial charge in [-0.05, 0) is 37.0 Å². The van der Waals surface area contributed by atoms with Gasteiger partial charge in [-0.15, -0.1) is 0 Å². The van der Waals surface area contributed by atoms with Crippen molar-refractivity contribution >= 4 is 5.96 Å². The standard InChI is InChI=1S/C19H29N5O/c1-5-20-19(22-12-16-13-23-24(3)14-16)21-11-10-15(2)17-6-8-18(25-4)9-7-17/h6-9,13-15H,5,10-12H2,1-4H3,(H2,20,21,22). The van der Waals surface area contributed by atoms with Crippen molar-refractivity contribution < 1.29 is 4.74 Å². The summed E-state index contributed by atoms with van der Waals surface area (Å²) in [6.07, 6.45) is 4.86. The van der Waals surface area contributed by atoms with Crippen LogP contribution in [0, 0.1) is 0 Å². The van der Waals surface area contributed by atoms with Crippen molar-refractivity contribution in [3.63, 3.8) is 0 Å². The molecule has 1 aromatic carbocycles. The number of benzene rings is 1. The molecule has 0 bridgehead atoms. The Bertz CT molecular complexity index is 663. The third kappa shape index (κ3) is 6.14. The number of hydrogen-bond acceptors (Lipinski definition) is 3. The van der Waals surface area contributed by atoms with E-state index in [4.69, 9.17) is 4.74 Å². The maximum Gasteiger partial charge on any atom is 0.191 e. The summed E-state index contributed by atoms with van der Waals surface area (Å²) in [7, 11) is 3.60. The zero-order chi connectivity index (χ0) is 18.1. The topological polar surface area (TPSA) is 63.5 Å². The Morgan fingerprint density at radius 3 is 2.64 bits per heavy atom. The van der Waals surface area contributed by atoms with Crippen LogP contribution >= 0.6 is 0 Å². The summed E-state index contributed by atoms with van der Waals surface area (Å²) in [6.45, 7) is 6.64. The Labute approximate surface area is 150 Å². The molecule has 0 spiro atoms. The average Bonchev–Trinajstić information content (AvgIpc) is 3.05. The molecule has 1 aromatic heterocycles. The Balaban J connectivity index is 1.83. The van der Waals surface area contributed by atoms with Crippen LogP contribution in [0.4, 0.5) is 0 Å². The van der Waals surface area contributed by atoms with E-state index in [1.807, 2.05) is 31.6 Å². The van der Waals surface area contributed by atoms with Crippen molar-refractivity contribution in [1.82, 2.24) is 20.4 Å². The molecule has 6 nitrogen and oxygen atoms in total. The first-order valence-corrected chi connectivity index (χ1v) is 8.76. The fourth-order valence-corrected chi connectivity index (χ4v) is 2.57. The van der Waals surface area contributed by atoms with E-state index in [0.717, 1.165) is 36.8 Å². The summed E-state index contributed by atoms with van der Waals surface area (Å²) < 4.78 is 7.00. The van der Waals surface area contributed by atoms with Crippen LogP contribution in [0.25, 0.3) is 0 Å². The number of aromatic nitrogens is 2. The van der Waals surface area contributed by atoms with E-state index in [2.05, 4.69) is 46.7 Å². The highest BCUT2D eigenvalue weighted by atomic mass is 16.5. The molecule has 6 heteroatoms. The first-order valence-electron chi connectivity index (χ1n) is 8.76. The summed E-state index contributed by atoms with van der Waals surface area (Å²) in [4.78, 5) is 4.61. The lowest BCUT2D eigenvalue weighted by atomic mass is 9.98. The van der Waals surface area contributed by atoms with Gasteiger partial charge >= 0.3 is 0 Å². The van der Waals surface area contributed by atoms with Crippen LogP contribution in [0.5, 0.6) is 5.75 Å². The molecular formula is C19H29N5O. The van der Waals surface area contributed by atoms with Crippen LogP contribution in [0.3, 0.4) is 0 Å². The minimum atomic E-state index is 0.472. The molecule has 1 unspecified atom stereocenters. The molecule has 0 aliphatic rings. The predicted octanol–water partition coefficient (Wildman–Crippen LogP) is 2.68. The van der Waals surface area contributed by atoms with Crippen LogP contribution in [0.1, 0.15) is 37.3 Å². The van der Waals surface area contributed by atoms with Gasteiger partial charge in [0.2, 0.25) is 0 Å². The summed E-state index contributed by atoms with van der Waals surface area (Å²) in [6, 6.07) is 8.29. The molecule has 0 aliphatic carbocycles. The van der Waals surface area contributed by atoms with Crippen molar-refractivity contribution in [2.45, 2.75) is 32.7 Å². The SMILES string of the molecule is CCNC(=NCc1cnn(C)c1)NCCC(C)c1ccc(OC)cc1. The van der Waals surface area contributed by atoms with Crippen molar-refractivity contribution in [1.29, 1.82) is 0 Å². The van der Waals surface area contributed by atoms with Crippen molar-refractivity contribution in [2.75, 3.05) is 20.2 Å². The lowest BCUT2D eigenvalue weighted by Crippen LogP contribution is -2.38. The Morgan fingerprint density at radius 2 is 2.04 bits per heavy atom. The fraction of sp³-hybridized carbons (Fsp3) is 0.474. The minimum absolute atomic E-state index is 0.472. The minimum Gasteiger partial charge on any atom is -0.497 e. The second-order valence-corrected chi connectivity index (χ2v) is 6.11. The highest BCUT2D eigenvalue weighted by Gasteiger charge is 2.06. The summed E-state index contributed by atoms with van der Waals surface area (Å²) >= 11 is 0. The highest BCUT2D eigenvalue weighted by Crippen LogP contribution is 2.21. The summed E-state index contributed by atoms with van der Waals surface area (Å²) in [5.41, 5.74) is 2.42. The first-order chi connectivity index (χ1) is 12.1. The monoisotopic (exact) mass is 343 g/mol. The van der Waals surface area contributed by atoms with E-state index >= 15 is 0 Å². The molecule has 1 atom stereocenters. The number of methoxy groups -OCH3 is 1. The number of nitrogens with one attached hydrogen (secondary N) is 2. The number of guanidine groups is 1. The zero-order valence-electron chi connectivity index (χ0n) is 15.6. The molecule has 0 amide bonds. The molecule has 2 N–H and O–H groups in total. The van der Waals surface area contributed by atoms with E-state index in [9.17, 15) is 0 Å². The van der Waals surface area contributed by atoms with Gasteiger partial charge in [0.15, 0.2) is 5.96 Å². The molecule has 0 saturated heterocycles. The van der Waals surface area contributed by atoms with Crippen molar-refractivity contribution in [3.8, 4) is 5.75 Å². The smallest absolute Gasteiger partial charge is 0.191 e. The van der Waals surface area contributed by atoms with Gasteiger partial charge < -0.3 is 15.4 Å². The van der Waals surface area contributed by atoms with Crippen LogP contribution in [0.2, 0.25) is 0 Å². The van der Waals surface area contributed by atoms with E-state index in [1.54, 1.807) is 11.8 Å². The molecule has 0 aliphatic heterocycles. The van der Waals surface area contributed by atoms with E-state index in [-0.39, 0.29) is 0 Å². The number of hydrogen-bond donors (Lipinski definition) is 2. The number of rotatable bonds is 8. The highest BCUT2D eigenvalue weighted by molar-refractivity contribution is 5.79. The summed E-state index contributed by atoms with van der Waals surface area (Å²) in [5.74, 6) is 2.21. The Kier molecular flexibility index (Phi) is 7.32. The Hall–Kier alpha value is -2.50. The van der Waals surface area contributed by atoms with Crippen LogP contribution in [-0.4, -0.2) is 35.9 Å². The van der Waals surface area contributed by atoms with E-state index in [1.165, 1.54) is 5.56 Å².